The van der Waals surface area contributed by atoms with E-state index in [1.807, 2.05) is 44.4 Å². The highest BCUT2D eigenvalue weighted by Crippen LogP contribution is 2.32. The van der Waals surface area contributed by atoms with Crippen molar-refractivity contribution in [3.63, 3.8) is 0 Å². The van der Waals surface area contributed by atoms with E-state index in [-0.39, 0.29) is 23.5 Å². The number of aryl methyl sites for hydroxylation is 3. The minimum Gasteiger partial charge on any atom is -0.390 e. The van der Waals surface area contributed by atoms with Gasteiger partial charge in [0.15, 0.2) is 11.5 Å². The normalized spacial score (nSPS) is 17.4. The lowest BCUT2D eigenvalue weighted by atomic mass is 9.93. The van der Waals surface area contributed by atoms with E-state index in [4.69, 9.17) is 21.6 Å². The number of aliphatic hydroxyl groups is 1. The van der Waals surface area contributed by atoms with E-state index < -0.39 is 11.5 Å². The molecule has 6 heterocycles. The number of piperidine rings is 2. The first-order valence-corrected chi connectivity index (χ1v) is 17.5. The van der Waals surface area contributed by atoms with Gasteiger partial charge >= 0.3 is 5.69 Å². The quantitative estimate of drug-likeness (QED) is 0.191. The van der Waals surface area contributed by atoms with Crippen molar-refractivity contribution in [2.75, 3.05) is 35.3 Å². The molecule has 2 fully saturated rings. The van der Waals surface area contributed by atoms with E-state index in [2.05, 4.69) is 30.5 Å². The Kier molecular flexibility index (Phi) is 8.96. The van der Waals surface area contributed by atoms with Gasteiger partial charge in [-0.3, -0.25) is 28.7 Å². The summed E-state index contributed by atoms with van der Waals surface area (Å²) in [6, 6.07) is 9.79. The number of nitrogens with one attached hydrogen (secondary N) is 2. The molecule has 15 nitrogen and oxygen atoms in total. The lowest BCUT2D eigenvalue weighted by Crippen LogP contribution is -2.44. The number of anilines is 4. The lowest BCUT2D eigenvalue weighted by Gasteiger charge is -2.37. The molecule has 7 rings (SSSR count). The van der Waals surface area contributed by atoms with Crippen molar-refractivity contribution in [2.45, 2.75) is 70.1 Å². The molecule has 5 aromatic rings. The van der Waals surface area contributed by atoms with Gasteiger partial charge in [0.05, 0.1) is 34.4 Å². The Morgan fingerprint density at radius 2 is 1.82 bits per heavy atom. The average Bonchev–Trinajstić information content (AvgIpc) is 3.55. The molecule has 1 unspecified atom stereocenters. The highest BCUT2D eigenvalue weighted by Gasteiger charge is 2.32. The molecular formula is C35H42ClN11O4. The number of imide groups is 1. The maximum atomic E-state index is 13.0. The fraction of sp³-hybridized carbons (Fsp3) is 0.457. The van der Waals surface area contributed by atoms with Crippen molar-refractivity contribution in [3.05, 3.63) is 57.7 Å². The van der Waals surface area contributed by atoms with Crippen LogP contribution in [0.15, 0.2) is 41.3 Å². The lowest BCUT2D eigenvalue weighted by molar-refractivity contribution is -0.134. The fourth-order valence-corrected chi connectivity index (χ4v) is 7.16. The minimum atomic E-state index is -0.902. The van der Waals surface area contributed by atoms with E-state index in [1.165, 1.54) is 0 Å². The van der Waals surface area contributed by atoms with Crippen molar-refractivity contribution in [1.29, 1.82) is 0 Å². The van der Waals surface area contributed by atoms with Crippen LogP contribution in [-0.4, -0.2) is 82.6 Å². The van der Waals surface area contributed by atoms with Gasteiger partial charge in [-0.2, -0.15) is 10.1 Å². The molecule has 2 saturated heterocycles. The highest BCUT2D eigenvalue weighted by atomic mass is 35.5. The van der Waals surface area contributed by atoms with E-state index in [0.29, 0.717) is 53.9 Å². The summed E-state index contributed by atoms with van der Waals surface area (Å²) >= 11 is 6.57. The molecule has 16 heteroatoms. The van der Waals surface area contributed by atoms with Crippen molar-refractivity contribution < 1.29 is 14.7 Å². The molecule has 4 aromatic heterocycles. The first kappa shape index (κ1) is 34.4. The van der Waals surface area contributed by atoms with Gasteiger partial charge in [0.1, 0.15) is 10.8 Å². The van der Waals surface area contributed by atoms with Gasteiger partial charge in [-0.1, -0.05) is 11.6 Å². The van der Waals surface area contributed by atoms with Crippen LogP contribution in [-0.2, 0) is 30.2 Å². The number of hydrogen-bond acceptors (Lipinski definition) is 11. The summed E-state index contributed by atoms with van der Waals surface area (Å²) in [5, 5.41) is 21.8. The van der Waals surface area contributed by atoms with Crippen LogP contribution >= 0.6 is 11.6 Å². The van der Waals surface area contributed by atoms with Gasteiger partial charge in [0, 0.05) is 64.3 Å². The van der Waals surface area contributed by atoms with Gasteiger partial charge in [-0.25, -0.2) is 14.8 Å². The summed E-state index contributed by atoms with van der Waals surface area (Å²) in [5.74, 6) is 0.805. The molecule has 0 saturated carbocycles. The van der Waals surface area contributed by atoms with Gasteiger partial charge in [0.25, 0.3) is 0 Å². The number of carbonyl (C=O) groups excluding carboxylic acids is 2. The van der Waals surface area contributed by atoms with Crippen LogP contribution in [0.1, 0.15) is 57.6 Å². The number of benzene rings is 1. The SMILES string of the molecule is CN(c1ncc(Cl)c(Nc2ccc3c(c2)n(CCC(C)(C)O)c(=O)n3C)n1)C1CCN(c2ccc3c(C4CCC(=O)NC4=O)nn(C)c3n2)CC1. The number of aromatic nitrogens is 7. The number of nitrogens with zero attached hydrogens (tertiary/aromatic N) is 9. The molecule has 3 N–H and O–H groups in total. The Hall–Kier alpha value is -5.02. The number of amides is 2. The Morgan fingerprint density at radius 1 is 1.06 bits per heavy atom. The molecule has 0 spiro atoms. The zero-order valence-electron chi connectivity index (χ0n) is 29.4. The molecule has 2 aliphatic rings. The zero-order chi connectivity index (χ0) is 36.2. The molecule has 268 valence electrons. The third-order valence-corrected chi connectivity index (χ3v) is 10.3. The predicted octanol–water partition coefficient (Wildman–Crippen LogP) is 3.60. The first-order chi connectivity index (χ1) is 24.3. The molecule has 2 aliphatic heterocycles. The third kappa shape index (κ3) is 6.75. The number of pyridine rings is 1. The third-order valence-electron chi connectivity index (χ3n) is 10.0. The van der Waals surface area contributed by atoms with E-state index in [9.17, 15) is 19.5 Å². The smallest absolute Gasteiger partial charge is 0.328 e. The van der Waals surface area contributed by atoms with Crippen LogP contribution in [0.5, 0.6) is 0 Å². The number of halogens is 1. The molecule has 1 aromatic carbocycles. The van der Waals surface area contributed by atoms with Crippen LogP contribution < -0.4 is 26.1 Å². The molecule has 2 amide bonds. The topological polar surface area (TPSA) is 168 Å². The summed E-state index contributed by atoms with van der Waals surface area (Å²) in [5.41, 5.74) is 2.55. The Labute approximate surface area is 299 Å². The highest BCUT2D eigenvalue weighted by molar-refractivity contribution is 6.32. The molecular weight excluding hydrogens is 674 g/mol. The zero-order valence-corrected chi connectivity index (χ0v) is 30.1. The molecule has 0 bridgehead atoms. The van der Waals surface area contributed by atoms with Gasteiger partial charge in [0.2, 0.25) is 17.8 Å². The van der Waals surface area contributed by atoms with Crippen LogP contribution in [0, 0.1) is 0 Å². The van der Waals surface area contributed by atoms with Crippen LogP contribution in [0.3, 0.4) is 0 Å². The number of carbonyl (C=O) groups is 2. The van der Waals surface area contributed by atoms with Crippen molar-refractivity contribution in [3.8, 4) is 0 Å². The average molecular weight is 716 g/mol. The van der Waals surface area contributed by atoms with Crippen molar-refractivity contribution >= 4 is 68.8 Å². The van der Waals surface area contributed by atoms with Gasteiger partial charge in [-0.05, 0) is 69.9 Å². The van der Waals surface area contributed by atoms with Crippen molar-refractivity contribution in [2.24, 2.45) is 14.1 Å². The maximum Gasteiger partial charge on any atom is 0.328 e. The predicted molar refractivity (Wildman–Crippen MR) is 196 cm³/mol. The molecule has 51 heavy (non-hydrogen) atoms. The summed E-state index contributed by atoms with van der Waals surface area (Å²) in [4.78, 5) is 55.8. The number of rotatable bonds is 9. The van der Waals surface area contributed by atoms with Crippen LogP contribution in [0.2, 0.25) is 5.02 Å². The Balaban J connectivity index is 1.04. The summed E-state index contributed by atoms with van der Waals surface area (Å²) in [7, 11) is 5.55. The molecule has 1 atom stereocenters. The summed E-state index contributed by atoms with van der Waals surface area (Å²) < 4.78 is 4.98. The number of hydrogen-bond donors (Lipinski definition) is 3. The van der Waals surface area contributed by atoms with E-state index in [1.54, 1.807) is 40.9 Å². The van der Waals surface area contributed by atoms with Gasteiger partial charge in [-0.15, -0.1) is 0 Å². The summed E-state index contributed by atoms with van der Waals surface area (Å²) in [6.45, 7) is 5.39. The molecule has 0 aliphatic carbocycles. The maximum absolute atomic E-state index is 13.0. The second kappa shape index (κ2) is 13.3. The largest absolute Gasteiger partial charge is 0.390 e. The number of imidazole rings is 1. The standard InChI is InChI=1S/C35H42ClN11O4/c1-35(2,51)14-17-47-26-18-20(6-9-25(26)44(4)34(47)50)38-30-24(36)19-37-33(41-30)43(3)21-12-15-46(16-13-21)27-10-7-22-29(42-45(5)31(22)39-27)23-8-11-28(48)40-32(23)49/h6-7,9-10,18-19,21,23,51H,8,11-17H2,1-5H3,(H,37,38,41)(H,40,48,49). The van der Waals surface area contributed by atoms with Crippen molar-refractivity contribution in [1.82, 2.24) is 39.2 Å². The second-order valence-electron chi connectivity index (χ2n) is 14.1. The minimum absolute atomic E-state index is 0.145. The second-order valence-corrected chi connectivity index (χ2v) is 14.5. The summed E-state index contributed by atoms with van der Waals surface area (Å²) in [6.07, 6.45) is 4.46. The monoisotopic (exact) mass is 715 g/mol. The Morgan fingerprint density at radius 3 is 2.55 bits per heavy atom. The van der Waals surface area contributed by atoms with E-state index >= 15 is 0 Å². The Bertz CT molecular complexity index is 2210. The first-order valence-electron chi connectivity index (χ1n) is 17.1. The fourth-order valence-electron chi connectivity index (χ4n) is 7.02. The number of fused-ring (bicyclic) bond motifs is 2. The van der Waals surface area contributed by atoms with Crippen LogP contribution in [0.4, 0.5) is 23.3 Å². The van der Waals surface area contributed by atoms with E-state index in [0.717, 1.165) is 53.9 Å². The van der Waals surface area contributed by atoms with Gasteiger partial charge < -0.3 is 20.2 Å². The van der Waals surface area contributed by atoms with Crippen LogP contribution in [0.25, 0.3) is 22.1 Å². The molecule has 0 radical (unpaired) electrons.